The molecule has 1 atom stereocenters. The zero-order chi connectivity index (χ0) is 25.5. The molecule has 35 heavy (non-hydrogen) atoms. The Balaban J connectivity index is 1.66. The maximum Gasteiger partial charge on any atom is 0.274 e. The van der Waals surface area contributed by atoms with Gasteiger partial charge in [-0.25, -0.2) is 4.98 Å². The number of aromatic amines is 1. The van der Waals surface area contributed by atoms with Gasteiger partial charge in [-0.15, -0.1) is 0 Å². The minimum absolute atomic E-state index is 0.0419. The Hall–Kier alpha value is -3.72. The first-order chi connectivity index (χ1) is 16.7. The van der Waals surface area contributed by atoms with Gasteiger partial charge in [0.05, 0.1) is 23.7 Å². The zero-order valence-electron chi connectivity index (χ0n) is 20.6. The number of carbonyl (C=O) groups is 2. The summed E-state index contributed by atoms with van der Waals surface area (Å²) in [5.74, 6) is 0.257. The average molecular weight is 480 g/mol. The Morgan fingerprint density at radius 3 is 2.71 bits per heavy atom. The first-order valence-electron chi connectivity index (χ1n) is 11.7. The van der Waals surface area contributed by atoms with Crippen molar-refractivity contribution < 1.29 is 14.7 Å². The van der Waals surface area contributed by atoms with E-state index < -0.39 is 6.10 Å². The molecule has 0 radical (unpaired) electrons. The number of hydrogen-bond acceptors (Lipinski definition) is 5. The lowest BCUT2D eigenvalue weighted by atomic mass is 9.98. The van der Waals surface area contributed by atoms with Crippen LogP contribution in [0.25, 0.3) is 11.0 Å². The Bertz CT molecular complexity index is 1270. The number of para-hydroxylation sites is 1. The number of nitrogens with one attached hydrogen (secondary N) is 2. The second kappa shape index (κ2) is 11.6. The first-order valence-corrected chi connectivity index (χ1v) is 11.7. The predicted molar refractivity (Wildman–Crippen MR) is 136 cm³/mol. The summed E-state index contributed by atoms with van der Waals surface area (Å²) in [4.78, 5) is 46.1. The van der Waals surface area contributed by atoms with E-state index in [9.17, 15) is 19.5 Å². The van der Waals surface area contributed by atoms with Crippen molar-refractivity contribution in [2.75, 3.05) is 19.4 Å². The fourth-order valence-electron chi connectivity index (χ4n) is 3.62. The minimum atomic E-state index is -0.639. The summed E-state index contributed by atoms with van der Waals surface area (Å²) < 4.78 is 1.47. The van der Waals surface area contributed by atoms with Crippen LogP contribution in [0.2, 0.25) is 0 Å². The second-order valence-electron chi connectivity index (χ2n) is 9.05. The Morgan fingerprint density at radius 1 is 1.23 bits per heavy atom. The number of benzene rings is 1. The van der Waals surface area contributed by atoms with Gasteiger partial charge >= 0.3 is 0 Å². The molecule has 1 unspecified atom stereocenters. The molecule has 0 saturated carbocycles. The molecule has 2 heterocycles. The molecular formula is C26H33N5O4. The summed E-state index contributed by atoms with van der Waals surface area (Å²) in [6.07, 6.45) is 5.61. The monoisotopic (exact) mass is 479 g/mol. The molecule has 3 aromatic rings. The number of likely N-dealkylation sites (N-methyl/N-ethyl adjacent to an activating group) is 1. The normalized spacial score (nSPS) is 12.4. The van der Waals surface area contributed by atoms with Crippen molar-refractivity contribution in [2.45, 2.75) is 45.8 Å². The third-order valence-corrected chi connectivity index (χ3v) is 5.63. The summed E-state index contributed by atoms with van der Waals surface area (Å²) in [6, 6.07) is 8.87. The third-order valence-electron chi connectivity index (χ3n) is 5.63. The van der Waals surface area contributed by atoms with E-state index in [1.807, 2.05) is 32.0 Å². The predicted octanol–water partition coefficient (Wildman–Crippen LogP) is 3.22. The fourth-order valence-corrected chi connectivity index (χ4v) is 3.62. The molecule has 0 aliphatic carbocycles. The molecule has 0 bridgehead atoms. The number of aliphatic hydroxyl groups is 1. The maximum atomic E-state index is 12.9. The van der Waals surface area contributed by atoms with Gasteiger partial charge in [0, 0.05) is 32.3 Å². The van der Waals surface area contributed by atoms with Crippen LogP contribution >= 0.6 is 0 Å². The fraction of sp³-hybridized carbons (Fsp3) is 0.385. The highest BCUT2D eigenvalue weighted by molar-refractivity contribution is 5.90. The van der Waals surface area contributed by atoms with Gasteiger partial charge in [0.1, 0.15) is 11.5 Å². The van der Waals surface area contributed by atoms with Crippen LogP contribution in [0.3, 0.4) is 0 Å². The topological polar surface area (TPSA) is 120 Å². The van der Waals surface area contributed by atoms with Crippen molar-refractivity contribution in [2.24, 2.45) is 5.92 Å². The van der Waals surface area contributed by atoms with Gasteiger partial charge in [-0.1, -0.05) is 32.1 Å². The number of imidazole rings is 1. The number of aromatic nitrogens is 3. The number of H-pyrrole nitrogens is 1. The van der Waals surface area contributed by atoms with Gasteiger partial charge in [0.25, 0.3) is 5.56 Å². The molecule has 0 aliphatic heterocycles. The Labute approximate surface area is 204 Å². The quantitative estimate of drug-likeness (QED) is 0.305. The lowest BCUT2D eigenvalue weighted by molar-refractivity contribution is -0.123. The number of unbranched alkanes of at least 4 members (excludes halogenated alkanes) is 1. The second-order valence-corrected chi connectivity index (χ2v) is 9.05. The Morgan fingerprint density at radius 2 is 2.00 bits per heavy atom. The number of aliphatic hydroxyl groups excluding tert-OH is 1. The van der Waals surface area contributed by atoms with E-state index in [1.54, 1.807) is 38.5 Å². The molecular weight excluding hydrogens is 446 g/mol. The average Bonchev–Trinajstić information content (AvgIpc) is 3.23. The van der Waals surface area contributed by atoms with Gasteiger partial charge in [-0.05, 0) is 43.0 Å². The van der Waals surface area contributed by atoms with E-state index in [0.29, 0.717) is 24.2 Å². The van der Waals surface area contributed by atoms with E-state index in [2.05, 4.69) is 15.3 Å². The third kappa shape index (κ3) is 6.66. The number of amides is 2. The van der Waals surface area contributed by atoms with E-state index in [1.165, 1.54) is 15.5 Å². The summed E-state index contributed by atoms with van der Waals surface area (Å²) in [5, 5.41) is 13.2. The van der Waals surface area contributed by atoms with Crippen LogP contribution in [0.4, 0.5) is 5.69 Å². The molecule has 0 saturated heterocycles. The van der Waals surface area contributed by atoms with Gasteiger partial charge in [0.15, 0.2) is 0 Å². The van der Waals surface area contributed by atoms with Crippen molar-refractivity contribution in [1.82, 2.24) is 19.4 Å². The van der Waals surface area contributed by atoms with Crippen molar-refractivity contribution in [3.63, 3.8) is 0 Å². The van der Waals surface area contributed by atoms with E-state index >= 15 is 0 Å². The maximum absolute atomic E-state index is 12.9. The van der Waals surface area contributed by atoms with Crippen molar-refractivity contribution in [3.05, 3.63) is 70.4 Å². The smallest absolute Gasteiger partial charge is 0.274 e. The van der Waals surface area contributed by atoms with E-state index in [-0.39, 0.29) is 41.9 Å². The van der Waals surface area contributed by atoms with Gasteiger partial charge < -0.3 is 24.9 Å². The minimum Gasteiger partial charge on any atom is -0.388 e. The van der Waals surface area contributed by atoms with Crippen LogP contribution in [0.5, 0.6) is 0 Å². The Kier molecular flexibility index (Phi) is 8.59. The van der Waals surface area contributed by atoms with E-state index in [4.69, 9.17) is 0 Å². The number of nitrogens with zero attached hydrogens (tertiary/aromatic N) is 3. The summed E-state index contributed by atoms with van der Waals surface area (Å²) >= 11 is 0. The van der Waals surface area contributed by atoms with Crippen LogP contribution in [0.15, 0.2) is 53.5 Å². The van der Waals surface area contributed by atoms with Crippen LogP contribution in [-0.4, -0.2) is 50.5 Å². The molecule has 9 nitrogen and oxygen atoms in total. The number of hydrogen-bond donors (Lipinski definition) is 3. The number of fused-ring (bicyclic) bond motifs is 1. The highest BCUT2D eigenvalue weighted by Crippen LogP contribution is 2.27. The molecule has 3 N–H and O–H groups in total. The summed E-state index contributed by atoms with van der Waals surface area (Å²) in [7, 11) is 3.35. The van der Waals surface area contributed by atoms with Gasteiger partial charge in [-0.3, -0.25) is 14.4 Å². The van der Waals surface area contributed by atoms with Crippen molar-refractivity contribution in [1.29, 1.82) is 0 Å². The molecule has 0 fully saturated rings. The highest BCUT2D eigenvalue weighted by Gasteiger charge is 2.18. The first kappa shape index (κ1) is 25.9. The molecule has 1 aromatic carbocycles. The lowest BCUT2D eigenvalue weighted by Gasteiger charge is -2.14. The molecule has 2 aromatic heterocycles. The van der Waals surface area contributed by atoms with Crippen molar-refractivity contribution >= 4 is 28.5 Å². The number of carbonyl (C=O) groups excluding carboxylic acids is 2. The molecule has 186 valence electrons. The van der Waals surface area contributed by atoms with Crippen LogP contribution in [-0.2, 0) is 16.1 Å². The number of pyridine rings is 1. The van der Waals surface area contributed by atoms with Gasteiger partial charge in [-0.2, -0.15) is 0 Å². The standard InChI is InChI=1S/C26H33N5O4/c1-17(2)25(34)18-10-8-11-19-24(18)29-21(27-19)16-31-15-9-12-20(26(31)35)28-22(32)13-6-5-7-14-23(33)30(3)4/h7-12,14-15,17,25,34H,5-6,13,16H2,1-4H3,(H,27,29)(H,28,32)/b14-7+. The molecule has 2 amide bonds. The van der Waals surface area contributed by atoms with Crippen LogP contribution in [0, 0.1) is 5.92 Å². The number of rotatable bonds is 10. The zero-order valence-corrected chi connectivity index (χ0v) is 20.6. The van der Waals surface area contributed by atoms with Crippen molar-refractivity contribution in [3.8, 4) is 0 Å². The molecule has 0 spiro atoms. The summed E-state index contributed by atoms with van der Waals surface area (Å²) in [6.45, 7) is 4.08. The molecule has 9 heteroatoms. The SMILES string of the molecule is CC(C)C(O)c1cccc2[nH]c(Cn3cccc(NC(=O)CCC/C=C/C(=O)N(C)C)c3=O)nc12. The van der Waals surface area contributed by atoms with Crippen LogP contribution in [0.1, 0.15) is 50.6 Å². The summed E-state index contributed by atoms with van der Waals surface area (Å²) in [5.41, 5.74) is 2.08. The largest absolute Gasteiger partial charge is 0.388 e. The van der Waals surface area contributed by atoms with Crippen LogP contribution < -0.4 is 10.9 Å². The molecule has 0 aliphatic rings. The number of allylic oxidation sites excluding steroid dienone is 1. The van der Waals surface area contributed by atoms with Gasteiger partial charge in [0.2, 0.25) is 11.8 Å². The number of anilines is 1. The lowest BCUT2D eigenvalue weighted by Crippen LogP contribution is -2.26. The highest BCUT2D eigenvalue weighted by atomic mass is 16.3. The molecule has 3 rings (SSSR count). The van der Waals surface area contributed by atoms with E-state index in [0.717, 1.165) is 11.1 Å².